The van der Waals surface area contributed by atoms with E-state index < -0.39 is 22.5 Å². The van der Waals surface area contributed by atoms with Gasteiger partial charge in [0.25, 0.3) is 0 Å². The third-order valence-corrected chi connectivity index (χ3v) is 4.39. The van der Waals surface area contributed by atoms with Crippen LogP contribution >= 0.6 is 11.6 Å². The van der Waals surface area contributed by atoms with Crippen molar-refractivity contribution in [1.82, 2.24) is 0 Å². The minimum absolute atomic E-state index is 0.263. The number of amides is 1. The van der Waals surface area contributed by atoms with Crippen LogP contribution in [0.15, 0.2) is 47.4 Å². The van der Waals surface area contributed by atoms with Gasteiger partial charge in [0.05, 0.1) is 20.7 Å². The molecule has 0 fully saturated rings. The van der Waals surface area contributed by atoms with E-state index in [-0.39, 0.29) is 10.8 Å². The molecule has 1 unspecified atom stereocenters. The number of carbonyl (C=O) groups is 1. The summed E-state index contributed by atoms with van der Waals surface area (Å²) >= 11 is 5.93. The highest BCUT2D eigenvalue weighted by Gasteiger charge is 2.14. The van der Waals surface area contributed by atoms with Gasteiger partial charge in [-0.2, -0.15) is 0 Å². The van der Waals surface area contributed by atoms with Gasteiger partial charge in [-0.05, 0) is 42.5 Å². The van der Waals surface area contributed by atoms with Gasteiger partial charge in [-0.15, -0.1) is 0 Å². The van der Waals surface area contributed by atoms with Crippen molar-refractivity contribution in [2.24, 2.45) is 0 Å². The van der Waals surface area contributed by atoms with Crippen molar-refractivity contribution in [3.63, 3.8) is 0 Å². The van der Waals surface area contributed by atoms with Crippen LogP contribution in [0.4, 0.5) is 15.8 Å². The van der Waals surface area contributed by atoms with Crippen LogP contribution < -0.4 is 11.1 Å². The number of nitrogens with two attached hydrogens (primary N) is 1. The molecule has 2 rings (SSSR count). The van der Waals surface area contributed by atoms with Gasteiger partial charge in [0.15, 0.2) is 0 Å². The predicted molar refractivity (Wildman–Crippen MR) is 82.2 cm³/mol. The monoisotopic (exact) mass is 326 g/mol. The van der Waals surface area contributed by atoms with E-state index in [0.29, 0.717) is 16.3 Å². The molecule has 3 N–H and O–H groups in total. The van der Waals surface area contributed by atoms with E-state index >= 15 is 0 Å². The lowest BCUT2D eigenvalue weighted by molar-refractivity contribution is -0.113. The largest absolute Gasteiger partial charge is 0.399 e. The summed E-state index contributed by atoms with van der Waals surface area (Å²) in [5.41, 5.74) is 6.45. The summed E-state index contributed by atoms with van der Waals surface area (Å²) < 4.78 is 24.9. The van der Waals surface area contributed by atoms with Crippen LogP contribution in [0.3, 0.4) is 0 Å². The minimum Gasteiger partial charge on any atom is -0.399 e. The zero-order chi connectivity index (χ0) is 15.4. The second-order valence-corrected chi connectivity index (χ2v) is 6.06. The van der Waals surface area contributed by atoms with Crippen LogP contribution in [-0.2, 0) is 15.6 Å². The molecule has 0 aromatic heterocycles. The Balaban J connectivity index is 2.03. The molecule has 4 nitrogen and oxygen atoms in total. The Morgan fingerprint density at radius 3 is 2.57 bits per heavy atom. The van der Waals surface area contributed by atoms with Crippen LogP contribution in [0.1, 0.15) is 0 Å². The maximum absolute atomic E-state index is 12.7. The molecule has 2 aromatic carbocycles. The van der Waals surface area contributed by atoms with Crippen molar-refractivity contribution < 1.29 is 13.4 Å². The molecule has 0 spiro atoms. The van der Waals surface area contributed by atoms with Gasteiger partial charge in [-0.25, -0.2) is 4.39 Å². The number of halogens is 2. The van der Waals surface area contributed by atoms with Crippen molar-refractivity contribution in [3.05, 3.63) is 53.3 Å². The second-order valence-electron chi connectivity index (χ2n) is 4.23. The Bertz CT molecular complexity index is 692. The molecular formula is C14H12ClFN2O2S. The summed E-state index contributed by atoms with van der Waals surface area (Å²) in [6, 6.07) is 9.88. The fraction of sp³-hybridized carbons (Fsp3) is 0.0714. The van der Waals surface area contributed by atoms with E-state index in [1.807, 2.05) is 0 Å². The summed E-state index contributed by atoms with van der Waals surface area (Å²) in [5, 5.41) is 2.82. The summed E-state index contributed by atoms with van der Waals surface area (Å²) in [7, 11) is -1.61. The lowest BCUT2D eigenvalue weighted by Crippen LogP contribution is -2.19. The number of nitrogen functional groups attached to an aromatic ring is 1. The van der Waals surface area contributed by atoms with Crippen molar-refractivity contribution >= 4 is 39.7 Å². The van der Waals surface area contributed by atoms with Crippen molar-refractivity contribution in [1.29, 1.82) is 0 Å². The smallest absolute Gasteiger partial charge is 0.237 e. The molecule has 2 aromatic rings. The van der Waals surface area contributed by atoms with Crippen LogP contribution in [0.2, 0.25) is 5.02 Å². The summed E-state index contributed by atoms with van der Waals surface area (Å²) in [4.78, 5) is 12.1. The zero-order valence-corrected chi connectivity index (χ0v) is 12.4. The van der Waals surface area contributed by atoms with Crippen LogP contribution in [0.5, 0.6) is 0 Å². The van der Waals surface area contributed by atoms with E-state index in [2.05, 4.69) is 5.32 Å². The second kappa shape index (κ2) is 6.69. The number of rotatable bonds is 4. The van der Waals surface area contributed by atoms with Gasteiger partial charge >= 0.3 is 0 Å². The number of hydrogen-bond acceptors (Lipinski definition) is 3. The number of hydrogen-bond donors (Lipinski definition) is 2. The highest BCUT2D eigenvalue weighted by atomic mass is 35.5. The first-order valence-corrected chi connectivity index (χ1v) is 7.64. The minimum atomic E-state index is -1.61. The van der Waals surface area contributed by atoms with Gasteiger partial charge in [0, 0.05) is 11.4 Å². The molecule has 1 amide bonds. The lowest BCUT2D eigenvalue weighted by Gasteiger charge is -2.07. The highest BCUT2D eigenvalue weighted by Crippen LogP contribution is 2.22. The number of anilines is 2. The van der Waals surface area contributed by atoms with Gasteiger partial charge in [-0.1, -0.05) is 11.6 Å². The standard InChI is InChI=1S/C14H12ClFN2O2S/c15-12-6-3-10(17)7-13(12)21(20)8-14(19)18-11-4-1-9(16)2-5-11/h1-7H,8,17H2,(H,18,19). The summed E-state index contributed by atoms with van der Waals surface area (Å²) in [6.07, 6.45) is 0. The third-order valence-electron chi connectivity index (χ3n) is 2.59. The van der Waals surface area contributed by atoms with E-state index in [9.17, 15) is 13.4 Å². The van der Waals surface area contributed by atoms with Crippen molar-refractivity contribution in [3.8, 4) is 0 Å². The van der Waals surface area contributed by atoms with Gasteiger partial charge in [-0.3, -0.25) is 9.00 Å². The molecule has 21 heavy (non-hydrogen) atoms. The Morgan fingerprint density at radius 2 is 1.90 bits per heavy atom. The van der Waals surface area contributed by atoms with E-state index in [1.54, 1.807) is 6.07 Å². The first-order chi connectivity index (χ1) is 9.95. The molecule has 0 aliphatic heterocycles. The average Bonchev–Trinajstić information content (AvgIpc) is 2.44. The van der Waals surface area contributed by atoms with E-state index in [0.717, 1.165) is 0 Å². The van der Waals surface area contributed by atoms with Gasteiger partial charge in [0.2, 0.25) is 5.91 Å². The van der Waals surface area contributed by atoms with Crippen molar-refractivity contribution in [2.75, 3.05) is 16.8 Å². The number of carbonyl (C=O) groups excluding carboxylic acids is 1. The third kappa shape index (κ3) is 4.27. The Labute approximate surface area is 128 Å². The fourth-order valence-electron chi connectivity index (χ4n) is 1.62. The van der Waals surface area contributed by atoms with E-state index in [1.165, 1.54) is 36.4 Å². The normalized spacial score (nSPS) is 11.9. The zero-order valence-electron chi connectivity index (χ0n) is 10.8. The summed E-state index contributed by atoms with van der Waals surface area (Å²) in [6.45, 7) is 0. The van der Waals surface area contributed by atoms with Crippen LogP contribution in [0.25, 0.3) is 0 Å². The molecule has 7 heteroatoms. The molecule has 0 saturated heterocycles. The first-order valence-electron chi connectivity index (χ1n) is 5.94. The maximum atomic E-state index is 12.7. The Morgan fingerprint density at radius 1 is 1.24 bits per heavy atom. The molecule has 1 atom stereocenters. The number of nitrogens with one attached hydrogen (secondary N) is 1. The summed E-state index contributed by atoms with van der Waals surface area (Å²) in [5.74, 6) is -1.12. The molecule has 0 aliphatic carbocycles. The molecule has 110 valence electrons. The molecule has 0 saturated carbocycles. The maximum Gasteiger partial charge on any atom is 0.237 e. The average molecular weight is 327 g/mol. The predicted octanol–water partition coefficient (Wildman–Crippen LogP) is 2.81. The fourth-order valence-corrected chi connectivity index (χ4v) is 3.02. The van der Waals surface area contributed by atoms with Gasteiger partial charge in [0.1, 0.15) is 11.6 Å². The molecule has 0 heterocycles. The molecular weight excluding hydrogens is 315 g/mol. The molecule has 0 aliphatic rings. The van der Waals surface area contributed by atoms with Crippen LogP contribution in [-0.4, -0.2) is 15.9 Å². The Kier molecular flexibility index (Phi) is 4.93. The molecule has 0 bridgehead atoms. The lowest BCUT2D eigenvalue weighted by atomic mass is 10.3. The highest BCUT2D eigenvalue weighted by molar-refractivity contribution is 7.86. The quantitative estimate of drug-likeness (QED) is 0.849. The SMILES string of the molecule is Nc1ccc(Cl)c(S(=O)CC(=O)Nc2ccc(F)cc2)c1. The number of benzene rings is 2. The topological polar surface area (TPSA) is 72.2 Å². The van der Waals surface area contributed by atoms with Gasteiger partial charge < -0.3 is 11.1 Å². The first kappa shape index (κ1) is 15.5. The molecule has 0 radical (unpaired) electrons. The van der Waals surface area contributed by atoms with E-state index in [4.69, 9.17) is 17.3 Å². The van der Waals surface area contributed by atoms with Crippen molar-refractivity contribution in [2.45, 2.75) is 4.90 Å². The van der Waals surface area contributed by atoms with Crippen LogP contribution in [0, 0.1) is 5.82 Å². The Hall–Kier alpha value is -1.92.